The zero-order valence-electron chi connectivity index (χ0n) is 9.36. The molecule has 0 bridgehead atoms. The van der Waals surface area contributed by atoms with Gasteiger partial charge in [0.25, 0.3) is 0 Å². The average Bonchev–Trinajstić information content (AvgIpc) is 2.87. The standard InChI is InChI=1S/C12H16BrNOS/c1-9-4-5-14(11(9)8-13)12(15)7-10-3-2-6-16-10/h2-3,6,9,11H,4-5,7-8H2,1H3. The van der Waals surface area contributed by atoms with E-state index < -0.39 is 0 Å². The maximum Gasteiger partial charge on any atom is 0.228 e. The van der Waals surface area contributed by atoms with E-state index in [0.717, 1.165) is 23.2 Å². The largest absolute Gasteiger partial charge is 0.338 e. The SMILES string of the molecule is CC1CCN(C(=O)Cc2cccs2)C1CBr. The maximum absolute atomic E-state index is 12.1. The topological polar surface area (TPSA) is 20.3 Å². The first-order valence-electron chi connectivity index (χ1n) is 5.60. The highest BCUT2D eigenvalue weighted by atomic mass is 79.9. The molecule has 4 heteroatoms. The Balaban J connectivity index is 1.99. The lowest BCUT2D eigenvalue weighted by Gasteiger charge is -2.25. The molecule has 1 aromatic rings. The molecule has 0 radical (unpaired) electrons. The first-order chi connectivity index (χ1) is 7.72. The third kappa shape index (κ3) is 2.48. The minimum atomic E-state index is 0.274. The summed E-state index contributed by atoms with van der Waals surface area (Å²) in [7, 11) is 0. The molecule has 1 amide bonds. The molecule has 0 spiro atoms. The van der Waals surface area contributed by atoms with Gasteiger partial charge in [0.2, 0.25) is 5.91 Å². The van der Waals surface area contributed by atoms with Crippen LogP contribution in [0.5, 0.6) is 0 Å². The van der Waals surface area contributed by atoms with Crippen LogP contribution in [-0.4, -0.2) is 28.7 Å². The second-order valence-corrected chi connectivity index (χ2v) is 6.01. The van der Waals surface area contributed by atoms with Gasteiger partial charge in [-0.15, -0.1) is 11.3 Å². The number of rotatable bonds is 3. The number of thiophene rings is 1. The molecule has 1 fully saturated rings. The zero-order chi connectivity index (χ0) is 11.5. The van der Waals surface area contributed by atoms with Gasteiger partial charge in [0, 0.05) is 22.8 Å². The van der Waals surface area contributed by atoms with Crippen LogP contribution >= 0.6 is 27.3 Å². The molecule has 2 rings (SSSR count). The van der Waals surface area contributed by atoms with E-state index >= 15 is 0 Å². The summed E-state index contributed by atoms with van der Waals surface area (Å²) in [6, 6.07) is 4.42. The summed E-state index contributed by atoms with van der Waals surface area (Å²) in [5.74, 6) is 0.892. The summed E-state index contributed by atoms with van der Waals surface area (Å²) in [6.07, 6.45) is 1.69. The number of likely N-dealkylation sites (tertiary alicyclic amines) is 1. The van der Waals surface area contributed by atoms with Gasteiger partial charge >= 0.3 is 0 Å². The van der Waals surface area contributed by atoms with Crippen LogP contribution in [0.3, 0.4) is 0 Å². The van der Waals surface area contributed by atoms with E-state index in [9.17, 15) is 4.79 Å². The van der Waals surface area contributed by atoms with Crippen LogP contribution in [0.1, 0.15) is 18.2 Å². The normalized spacial score (nSPS) is 25.0. The van der Waals surface area contributed by atoms with E-state index in [4.69, 9.17) is 0 Å². The van der Waals surface area contributed by atoms with Gasteiger partial charge in [-0.2, -0.15) is 0 Å². The predicted octanol–water partition coefficient (Wildman–Crippen LogP) is 2.92. The van der Waals surface area contributed by atoms with Crippen molar-refractivity contribution >= 4 is 33.2 Å². The Morgan fingerprint density at radius 3 is 3.12 bits per heavy atom. The highest BCUT2D eigenvalue weighted by Crippen LogP contribution is 2.26. The number of hydrogen-bond donors (Lipinski definition) is 0. The van der Waals surface area contributed by atoms with Crippen LogP contribution < -0.4 is 0 Å². The molecule has 0 aromatic carbocycles. The molecule has 1 aliphatic rings. The average molecular weight is 302 g/mol. The lowest BCUT2D eigenvalue weighted by molar-refractivity contribution is -0.131. The van der Waals surface area contributed by atoms with Crippen LogP contribution in [0.25, 0.3) is 0 Å². The van der Waals surface area contributed by atoms with Crippen molar-refractivity contribution in [2.24, 2.45) is 5.92 Å². The highest BCUT2D eigenvalue weighted by Gasteiger charge is 2.33. The number of amides is 1. The molecule has 0 N–H and O–H groups in total. The van der Waals surface area contributed by atoms with Gasteiger partial charge in [0.15, 0.2) is 0 Å². The van der Waals surface area contributed by atoms with Gasteiger partial charge in [0.1, 0.15) is 0 Å². The molecule has 88 valence electrons. The summed E-state index contributed by atoms with van der Waals surface area (Å²) in [5.41, 5.74) is 0. The Hall–Kier alpha value is -0.350. The Labute approximate surface area is 109 Å². The van der Waals surface area contributed by atoms with Gasteiger partial charge in [0.05, 0.1) is 6.42 Å². The van der Waals surface area contributed by atoms with Crippen molar-refractivity contribution in [1.29, 1.82) is 0 Å². The number of hydrogen-bond acceptors (Lipinski definition) is 2. The third-order valence-corrected chi connectivity index (χ3v) is 4.81. The molecule has 2 unspecified atom stereocenters. The molecule has 1 aromatic heterocycles. The lowest BCUT2D eigenvalue weighted by atomic mass is 10.1. The summed E-state index contributed by atoms with van der Waals surface area (Å²) in [4.78, 5) is 15.3. The molecule has 0 saturated carbocycles. The van der Waals surface area contributed by atoms with Crippen molar-refractivity contribution in [3.63, 3.8) is 0 Å². The molecular weight excluding hydrogens is 286 g/mol. The first kappa shape index (κ1) is 12.1. The molecular formula is C12H16BrNOS. The molecule has 0 aliphatic carbocycles. The van der Waals surface area contributed by atoms with Crippen LogP contribution in [-0.2, 0) is 11.2 Å². The fourth-order valence-electron chi connectivity index (χ4n) is 2.22. The van der Waals surface area contributed by atoms with Gasteiger partial charge < -0.3 is 4.90 Å². The van der Waals surface area contributed by atoms with Gasteiger partial charge in [-0.25, -0.2) is 0 Å². The van der Waals surface area contributed by atoms with Crippen LogP contribution in [0.2, 0.25) is 0 Å². The van der Waals surface area contributed by atoms with Crippen LogP contribution in [0.4, 0.5) is 0 Å². The molecule has 2 heterocycles. The molecule has 2 nitrogen and oxygen atoms in total. The Bertz CT molecular complexity index is 352. The summed E-state index contributed by atoms with van der Waals surface area (Å²) in [6.45, 7) is 3.14. The smallest absolute Gasteiger partial charge is 0.228 e. The van der Waals surface area contributed by atoms with Crippen molar-refractivity contribution < 1.29 is 4.79 Å². The summed E-state index contributed by atoms with van der Waals surface area (Å²) < 4.78 is 0. The number of nitrogens with zero attached hydrogens (tertiary/aromatic N) is 1. The molecule has 2 atom stereocenters. The first-order valence-corrected chi connectivity index (χ1v) is 7.60. The van der Waals surface area contributed by atoms with Gasteiger partial charge in [-0.3, -0.25) is 4.79 Å². The molecule has 16 heavy (non-hydrogen) atoms. The van der Waals surface area contributed by atoms with Crippen molar-refractivity contribution in [1.82, 2.24) is 4.90 Å². The van der Waals surface area contributed by atoms with E-state index in [1.54, 1.807) is 11.3 Å². The fraction of sp³-hybridized carbons (Fsp3) is 0.583. The summed E-state index contributed by atoms with van der Waals surface area (Å²) in [5, 5.41) is 2.92. The molecule has 1 saturated heterocycles. The van der Waals surface area contributed by atoms with Crippen molar-refractivity contribution in [2.45, 2.75) is 25.8 Å². The van der Waals surface area contributed by atoms with Crippen LogP contribution in [0.15, 0.2) is 17.5 Å². The number of halogens is 1. The lowest BCUT2D eigenvalue weighted by Crippen LogP contribution is -2.39. The maximum atomic E-state index is 12.1. The Kier molecular flexibility index (Phi) is 4.03. The van der Waals surface area contributed by atoms with Gasteiger partial charge in [-0.05, 0) is 23.8 Å². The second-order valence-electron chi connectivity index (χ2n) is 4.33. The number of carbonyl (C=O) groups excluding carboxylic acids is 1. The quantitative estimate of drug-likeness (QED) is 0.786. The van der Waals surface area contributed by atoms with E-state index in [1.165, 1.54) is 0 Å². The summed E-state index contributed by atoms with van der Waals surface area (Å²) >= 11 is 5.17. The van der Waals surface area contributed by atoms with E-state index in [2.05, 4.69) is 22.9 Å². The minimum Gasteiger partial charge on any atom is -0.338 e. The number of alkyl halides is 1. The second kappa shape index (κ2) is 5.32. The monoisotopic (exact) mass is 301 g/mol. The number of carbonyl (C=O) groups is 1. The van der Waals surface area contributed by atoms with Crippen LogP contribution in [0, 0.1) is 5.92 Å². The molecule has 1 aliphatic heterocycles. The van der Waals surface area contributed by atoms with E-state index in [-0.39, 0.29) is 5.91 Å². The predicted molar refractivity (Wildman–Crippen MR) is 71.1 cm³/mol. The Morgan fingerprint density at radius 1 is 1.69 bits per heavy atom. The Morgan fingerprint density at radius 2 is 2.50 bits per heavy atom. The highest BCUT2D eigenvalue weighted by molar-refractivity contribution is 9.09. The fourth-order valence-corrected chi connectivity index (χ4v) is 3.90. The third-order valence-electron chi connectivity index (χ3n) is 3.27. The van der Waals surface area contributed by atoms with Gasteiger partial charge in [-0.1, -0.05) is 28.9 Å². The minimum absolute atomic E-state index is 0.274. The van der Waals surface area contributed by atoms with Crippen molar-refractivity contribution in [2.75, 3.05) is 11.9 Å². The van der Waals surface area contributed by atoms with Crippen molar-refractivity contribution in [3.05, 3.63) is 22.4 Å². The van der Waals surface area contributed by atoms with E-state index in [0.29, 0.717) is 18.4 Å². The zero-order valence-corrected chi connectivity index (χ0v) is 11.8. The van der Waals surface area contributed by atoms with Crippen molar-refractivity contribution in [3.8, 4) is 0 Å². The van der Waals surface area contributed by atoms with E-state index in [1.807, 2.05) is 22.4 Å².